The Hall–Kier alpha value is -0.570. The summed E-state index contributed by atoms with van der Waals surface area (Å²) in [4.78, 5) is 10.5. The summed E-state index contributed by atoms with van der Waals surface area (Å²) in [6.07, 6.45) is 2.00. The molecule has 0 amide bonds. The average Bonchev–Trinajstić information content (AvgIpc) is 2.05. The van der Waals surface area contributed by atoms with Crippen molar-refractivity contribution in [1.29, 1.82) is 0 Å². The molecule has 0 bridgehead atoms. The number of aliphatic carboxylic acids is 1. The molecule has 0 aromatic rings. The van der Waals surface area contributed by atoms with Gasteiger partial charge in [0.2, 0.25) is 0 Å². The summed E-state index contributed by atoms with van der Waals surface area (Å²) in [6.45, 7) is 3.16. The minimum absolute atomic E-state index is 0.223. The van der Waals surface area contributed by atoms with Crippen LogP contribution in [0.15, 0.2) is 0 Å². The van der Waals surface area contributed by atoms with Crippen molar-refractivity contribution in [2.75, 3.05) is 13.2 Å². The van der Waals surface area contributed by atoms with Crippen LogP contribution in [-0.2, 0) is 9.53 Å². The maximum absolute atomic E-state index is 10.5. The van der Waals surface area contributed by atoms with Crippen molar-refractivity contribution in [3.05, 3.63) is 0 Å². The van der Waals surface area contributed by atoms with Gasteiger partial charge in [-0.2, -0.15) is 0 Å². The molecule has 0 aromatic carbocycles. The van der Waals surface area contributed by atoms with Crippen molar-refractivity contribution in [1.82, 2.24) is 0 Å². The van der Waals surface area contributed by atoms with Gasteiger partial charge in [-0.25, -0.2) is 0 Å². The second-order valence-corrected chi connectivity index (χ2v) is 3.10. The Morgan fingerprint density at radius 2 is 2.45 bits per heavy atom. The molecule has 1 aliphatic heterocycles. The lowest BCUT2D eigenvalue weighted by atomic mass is 9.89. The molecule has 1 saturated heterocycles. The van der Waals surface area contributed by atoms with E-state index in [4.69, 9.17) is 9.84 Å². The number of rotatable bonds is 2. The predicted molar refractivity (Wildman–Crippen MR) is 40.3 cm³/mol. The van der Waals surface area contributed by atoms with E-state index in [1.54, 1.807) is 6.92 Å². The first-order valence-electron chi connectivity index (χ1n) is 4.02. The Balaban J connectivity index is 2.38. The summed E-state index contributed by atoms with van der Waals surface area (Å²) in [7, 11) is 0. The summed E-state index contributed by atoms with van der Waals surface area (Å²) < 4.78 is 5.19. The van der Waals surface area contributed by atoms with Crippen LogP contribution < -0.4 is 0 Å². The highest BCUT2D eigenvalue weighted by molar-refractivity contribution is 5.69. The Morgan fingerprint density at radius 3 is 2.91 bits per heavy atom. The summed E-state index contributed by atoms with van der Waals surface area (Å²) in [5.74, 6) is -0.739. The normalized spacial score (nSPS) is 27.9. The van der Waals surface area contributed by atoms with Crippen LogP contribution in [0, 0.1) is 11.8 Å². The standard InChI is InChI=1S/C8H14O3/c1-6(8(9)10)7-3-2-4-11-5-7/h6-7H,2-5H2,1H3,(H,9,10)/t6-,7?/m0/s1. The molecular formula is C8H14O3. The van der Waals surface area contributed by atoms with Crippen molar-refractivity contribution in [3.63, 3.8) is 0 Å². The molecule has 64 valence electrons. The lowest BCUT2D eigenvalue weighted by Crippen LogP contribution is -2.28. The lowest BCUT2D eigenvalue weighted by molar-refractivity contribution is -0.144. The molecule has 2 atom stereocenters. The van der Waals surface area contributed by atoms with Crippen LogP contribution in [0.4, 0.5) is 0 Å². The van der Waals surface area contributed by atoms with Gasteiger partial charge >= 0.3 is 5.97 Å². The highest BCUT2D eigenvalue weighted by atomic mass is 16.5. The van der Waals surface area contributed by atoms with E-state index >= 15 is 0 Å². The van der Waals surface area contributed by atoms with Gasteiger partial charge in [0, 0.05) is 6.61 Å². The molecule has 11 heavy (non-hydrogen) atoms. The van der Waals surface area contributed by atoms with E-state index in [0.717, 1.165) is 19.4 Å². The minimum Gasteiger partial charge on any atom is -0.481 e. The van der Waals surface area contributed by atoms with Crippen LogP contribution in [0.2, 0.25) is 0 Å². The van der Waals surface area contributed by atoms with E-state index in [9.17, 15) is 4.79 Å². The molecule has 3 heteroatoms. The third-order valence-corrected chi connectivity index (χ3v) is 2.29. The lowest BCUT2D eigenvalue weighted by Gasteiger charge is -2.24. The average molecular weight is 158 g/mol. The molecule has 1 heterocycles. The maximum atomic E-state index is 10.5. The molecule has 1 rings (SSSR count). The summed E-state index contributed by atoms with van der Waals surface area (Å²) in [6, 6.07) is 0. The zero-order chi connectivity index (χ0) is 8.27. The highest BCUT2D eigenvalue weighted by Crippen LogP contribution is 2.21. The summed E-state index contributed by atoms with van der Waals surface area (Å²) >= 11 is 0. The van der Waals surface area contributed by atoms with Gasteiger partial charge < -0.3 is 9.84 Å². The Morgan fingerprint density at radius 1 is 1.73 bits per heavy atom. The fraction of sp³-hybridized carbons (Fsp3) is 0.875. The van der Waals surface area contributed by atoms with Gasteiger partial charge in [0.1, 0.15) is 0 Å². The van der Waals surface area contributed by atoms with Gasteiger partial charge in [-0.05, 0) is 18.8 Å². The fourth-order valence-corrected chi connectivity index (χ4v) is 1.36. The Labute approximate surface area is 66.4 Å². The predicted octanol–water partition coefficient (Wildman–Crippen LogP) is 1.13. The zero-order valence-corrected chi connectivity index (χ0v) is 6.75. The topological polar surface area (TPSA) is 46.5 Å². The monoisotopic (exact) mass is 158 g/mol. The van der Waals surface area contributed by atoms with E-state index in [0.29, 0.717) is 6.61 Å². The molecule has 0 saturated carbocycles. The van der Waals surface area contributed by atoms with E-state index in [-0.39, 0.29) is 11.8 Å². The highest BCUT2D eigenvalue weighted by Gasteiger charge is 2.25. The molecule has 3 nitrogen and oxygen atoms in total. The first-order valence-corrected chi connectivity index (χ1v) is 4.02. The quantitative estimate of drug-likeness (QED) is 0.655. The number of hydrogen-bond acceptors (Lipinski definition) is 2. The molecule has 1 aliphatic rings. The smallest absolute Gasteiger partial charge is 0.306 e. The number of carboxylic acid groups (broad SMARTS) is 1. The first kappa shape index (κ1) is 8.53. The fourth-order valence-electron chi connectivity index (χ4n) is 1.36. The van der Waals surface area contributed by atoms with Gasteiger partial charge in [-0.1, -0.05) is 6.92 Å². The second-order valence-electron chi connectivity index (χ2n) is 3.10. The molecule has 1 fully saturated rings. The molecule has 1 N–H and O–H groups in total. The minimum atomic E-state index is -0.708. The number of carbonyl (C=O) groups is 1. The second kappa shape index (κ2) is 3.72. The third kappa shape index (κ3) is 2.19. The third-order valence-electron chi connectivity index (χ3n) is 2.29. The van der Waals surface area contributed by atoms with Crippen LogP contribution in [0.1, 0.15) is 19.8 Å². The van der Waals surface area contributed by atoms with Crippen molar-refractivity contribution in [2.24, 2.45) is 11.8 Å². The van der Waals surface area contributed by atoms with Crippen molar-refractivity contribution >= 4 is 5.97 Å². The zero-order valence-electron chi connectivity index (χ0n) is 6.75. The van der Waals surface area contributed by atoms with Gasteiger partial charge in [0.05, 0.1) is 12.5 Å². The Kier molecular flexibility index (Phi) is 2.88. The first-order chi connectivity index (χ1) is 5.22. The summed E-state index contributed by atoms with van der Waals surface area (Å²) in [5.41, 5.74) is 0. The van der Waals surface area contributed by atoms with Crippen LogP contribution in [-0.4, -0.2) is 24.3 Å². The van der Waals surface area contributed by atoms with Gasteiger partial charge in [-0.15, -0.1) is 0 Å². The largest absolute Gasteiger partial charge is 0.481 e. The van der Waals surface area contributed by atoms with Gasteiger partial charge in [0.15, 0.2) is 0 Å². The van der Waals surface area contributed by atoms with Crippen LogP contribution in [0.5, 0.6) is 0 Å². The molecule has 0 aromatic heterocycles. The van der Waals surface area contributed by atoms with E-state index in [2.05, 4.69) is 0 Å². The number of carboxylic acids is 1. The summed E-state index contributed by atoms with van der Waals surface area (Å²) in [5, 5.41) is 8.68. The van der Waals surface area contributed by atoms with Crippen LogP contribution in [0.3, 0.4) is 0 Å². The van der Waals surface area contributed by atoms with Crippen molar-refractivity contribution in [2.45, 2.75) is 19.8 Å². The van der Waals surface area contributed by atoms with Crippen molar-refractivity contribution < 1.29 is 14.6 Å². The van der Waals surface area contributed by atoms with E-state index in [1.165, 1.54) is 0 Å². The van der Waals surface area contributed by atoms with Crippen LogP contribution >= 0.6 is 0 Å². The number of hydrogen-bond donors (Lipinski definition) is 1. The molecule has 1 unspecified atom stereocenters. The SMILES string of the molecule is C[C@H](C(=O)O)C1CCCOC1. The van der Waals surface area contributed by atoms with Gasteiger partial charge in [0.25, 0.3) is 0 Å². The molecule has 0 radical (unpaired) electrons. The molecule has 0 aliphatic carbocycles. The van der Waals surface area contributed by atoms with Crippen LogP contribution in [0.25, 0.3) is 0 Å². The number of ether oxygens (including phenoxy) is 1. The molecular weight excluding hydrogens is 144 g/mol. The Bertz CT molecular complexity index is 138. The maximum Gasteiger partial charge on any atom is 0.306 e. The molecule has 0 spiro atoms. The van der Waals surface area contributed by atoms with E-state index in [1.807, 2.05) is 0 Å². The van der Waals surface area contributed by atoms with Crippen molar-refractivity contribution in [3.8, 4) is 0 Å². The van der Waals surface area contributed by atoms with Gasteiger partial charge in [-0.3, -0.25) is 4.79 Å². The van der Waals surface area contributed by atoms with E-state index < -0.39 is 5.97 Å².